The van der Waals surface area contributed by atoms with Gasteiger partial charge in [0.25, 0.3) is 0 Å². The van der Waals surface area contributed by atoms with Crippen LogP contribution < -0.4 is 5.73 Å². The Hall–Kier alpha value is -3.59. The van der Waals surface area contributed by atoms with Crippen molar-refractivity contribution in [1.29, 1.82) is 0 Å². The molecule has 0 saturated carbocycles. The van der Waals surface area contributed by atoms with Gasteiger partial charge >= 0.3 is 5.97 Å². The number of allylic oxidation sites excluding steroid dienone is 3. The van der Waals surface area contributed by atoms with Gasteiger partial charge in [0.1, 0.15) is 17.9 Å². The molecule has 0 radical (unpaired) electrons. The number of anilines is 1. The van der Waals surface area contributed by atoms with E-state index in [1.54, 1.807) is 58.0 Å². The Morgan fingerprint density at radius 3 is 2.42 bits per heavy atom. The van der Waals surface area contributed by atoms with Crippen LogP contribution in [0.15, 0.2) is 78.5 Å². The second kappa shape index (κ2) is 26.7. The lowest BCUT2D eigenvalue weighted by Gasteiger charge is -2.41. The Morgan fingerprint density at radius 1 is 1.06 bits per heavy atom. The third-order valence-corrected chi connectivity index (χ3v) is 13.0. The van der Waals surface area contributed by atoms with Gasteiger partial charge in [-0.05, 0) is 125 Å². The minimum absolute atomic E-state index is 0.109. The number of ketones is 1. The third-order valence-electron chi connectivity index (χ3n) is 12.3. The van der Waals surface area contributed by atoms with E-state index in [2.05, 4.69) is 62.1 Å². The Labute approximate surface area is 399 Å². The molecule has 15 nitrogen and oxygen atoms in total. The standard InChI is InChI=1S/C49H73IN6O9/c1-9-44-38(30-57)24-31(3)14-19-42(59)32(4)25-37(48(33(5)43(60)27-45(61)64-44)65-49(63-10-2)47(62)46(34(6)58)54(7)8)20-21-55(28-35-15-17-39(50)18-16-35)22-23-56-29-41(52-53-56)36-12-11-13-40(51)26-36/h11-19,24,26,29,32-34,37-38,43-44,46-49,57-58,60,62H,9-10,20-23,25,27-28,30,51H2,1-8H3/b19-14+,31-24+/t32-,33+,34-,37+,38-,43-,44-,46?,47?,48-,49+/m1/s1. The zero-order valence-electron chi connectivity index (χ0n) is 39.4. The predicted molar refractivity (Wildman–Crippen MR) is 260 cm³/mol. The number of halogens is 1. The van der Waals surface area contributed by atoms with Gasteiger partial charge in [-0.2, -0.15) is 0 Å². The van der Waals surface area contributed by atoms with E-state index in [0.29, 0.717) is 56.8 Å². The molecule has 360 valence electrons. The number of rotatable bonds is 19. The summed E-state index contributed by atoms with van der Waals surface area (Å²) in [5, 5.41) is 53.8. The van der Waals surface area contributed by atoms with Gasteiger partial charge in [-0.25, -0.2) is 0 Å². The van der Waals surface area contributed by atoms with Crippen molar-refractivity contribution in [2.75, 3.05) is 46.1 Å². The Bertz CT molecular complexity index is 1970. The highest BCUT2D eigenvalue weighted by atomic mass is 127. The molecule has 2 aromatic carbocycles. The van der Waals surface area contributed by atoms with Crippen molar-refractivity contribution in [3.05, 3.63) is 87.7 Å². The molecule has 1 aliphatic rings. The molecule has 6 N–H and O–H groups in total. The predicted octanol–water partition coefficient (Wildman–Crippen LogP) is 5.49. The molecular weight excluding hydrogens is 943 g/mol. The van der Waals surface area contributed by atoms with Crippen molar-refractivity contribution in [2.45, 2.75) is 123 Å². The molecule has 16 heteroatoms. The summed E-state index contributed by atoms with van der Waals surface area (Å²) in [6.07, 6.45) is 1.53. The number of esters is 1. The lowest BCUT2D eigenvalue weighted by Crippen LogP contribution is -2.55. The summed E-state index contributed by atoms with van der Waals surface area (Å²) in [6.45, 7) is 12.9. The highest BCUT2D eigenvalue weighted by Gasteiger charge is 2.41. The van der Waals surface area contributed by atoms with E-state index >= 15 is 0 Å². The zero-order chi connectivity index (χ0) is 47.8. The summed E-state index contributed by atoms with van der Waals surface area (Å²) in [7, 11) is 3.50. The van der Waals surface area contributed by atoms with Gasteiger partial charge in [-0.15, -0.1) is 5.10 Å². The van der Waals surface area contributed by atoms with Crippen molar-refractivity contribution in [1.82, 2.24) is 24.8 Å². The van der Waals surface area contributed by atoms with Crippen molar-refractivity contribution < 1.29 is 44.2 Å². The number of nitrogens with two attached hydrogens (primary N) is 1. The summed E-state index contributed by atoms with van der Waals surface area (Å²) in [5.41, 5.74) is 10.1. The maximum absolute atomic E-state index is 14.0. The summed E-state index contributed by atoms with van der Waals surface area (Å²) < 4.78 is 21.8. The van der Waals surface area contributed by atoms with Crippen molar-refractivity contribution in [3.63, 3.8) is 0 Å². The molecule has 0 spiro atoms. The first-order chi connectivity index (χ1) is 30.9. The largest absolute Gasteiger partial charge is 0.462 e. The molecule has 3 aromatic rings. The number of carbonyl (C=O) groups is 2. The number of aliphatic hydroxyl groups is 4. The fraction of sp³-hybridized carbons (Fsp3) is 0.592. The molecule has 65 heavy (non-hydrogen) atoms. The number of nitrogens with zero attached hydrogens (tertiary/aromatic N) is 5. The highest BCUT2D eigenvalue weighted by molar-refractivity contribution is 14.1. The van der Waals surface area contributed by atoms with Crippen LogP contribution in [0.2, 0.25) is 0 Å². The number of cyclic esters (lactones) is 1. The number of aliphatic hydroxyl groups excluding tert-OH is 4. The average Bonchev–Trinajstić information content (AvgIpc) is 3.75. The number of aromatic nitrogens is 3. The monoisotopic (exact) mass is 1020 g/mol. The fourth-order valence-corrected chi connectivity index (χ4v) is 8.99. The first kappa shape index (κ1) is 54.0. The number of likely N-dealkylation sites (N-methyl/N-ethyl adjacent to an activating group) is 1. The second-order valence-electron chi connectivity index (χ2n) is 17.8. The number of ether oxygens (including phenoxy) is 3. The van der Waals surface area contributed by atoms with E-state index in [1.807, 2.05) is 55.9 Å². The van der Waals surface area contributed by atoms with Gasteiger partial charge in [0.05, 0.1) is 50.1 Å². The Kier molecular flexibility index (Phi) is 22.2. The molecule has 4 rings (SSSR count). The maximum Gasteiger partial charge on any atom is 0.308 e. The van der Waals surface area contributed by atoms with Crippen LogP contribution in [-0.4, -0.2) is 140 Å². The summed E-state index contributed by atoms with van der Waals surface area (Å²) >= 11 is 2.29. The van der Waals surface area contributed by atoms with Crippen LogP contribution in [0.25, 0.3) is 11.3 Å². The minimum Gasteiger partial charge on any atom is -0.462 e. The van der Waals surface area contributed by atoms with Crippen molar-refractivity contribution in [3.8, 4) is 11.3 Å². The minimum atomic E-state index is -1.32. The van der Waals surface area contributed by atoms with Crippen molar-refractivity contribution in [2.24, 2.45) is 23.7 Å². The van der Waals surface area contributed by atoms with Gasteiger partial charge in [0, 0.05) is 52.3 Å². The van der Waals surface area contributed by atoms with E-state index < -0.39 is 72.5 Å². The van der Waals surface area contributed by atoms with E-state index in [9.17, 15) is 30.0 Å². The van der Waals surface area contributed by atoms with Crippen LogP contribution in [0.5, 0.6) is 0 Å². The SMILES string of the molecule is CCO[C@@H](O[C@H]1[C@@H](CCN(CCn2cc(-c3cccc(N)c3)nn2)Cc2ccc(I)cc2)C[C@@H](C)C(=O)/C=C/C(C)=C/[C@H](CO)[C@@H](CC)OC(=O)C[C@@H](O)[C@@H]1C)C(O)C([C@@H](C)O)N(C)C. The van der Waals surface area contributed by atoms with Gasteiger partial charge in [-0.3, -0.25) is 19.2 Å². The fourth-order valence-electron chi connectivity index (χ4n) is 8.63. The molecule has 1 aliphatic heterocycles. The third kappa shape index (κ3) is 16.6. The van der Waals surface area contributed by atoms with Crippen LogP contribution in [-0.2, 0) is 36.9 Å². The van der Waals surface area contributed by atoms with Crippen LogP contribution in [0, 0.1) is 27.2 Å². The molecule has 0 saturated heterocycles. The smallest absolute Gasteiger partial charge is 0.308 e. The van der Waals surface area contributed by atoms with Gasteiger partial charge in [0.2, 0.25) is 0 Å². The lowest BCUT2D eigenvalue weighted by molar-refractivity contribution is -0.251. The molecule has 0 amide bonds. The van der Waals surface area contributed by atoms with Crippen LogP contribution in [0.3, 0.4) is 0 Å². The molecule has 2 unspecified atom stereocenters. The molecule has 0 fully saturated rings. The Morgan fingerprint density at radius 2 is 1.78 bits per heavy atom. The normalized spacial score (nSPS) is 26.0. The Balaban J connectivity index is 1.77. The molecule has 1 aromatic heterocycles. The summed E-state index contributed by atoms with van der Waals surface area (Å²) in [5.74, 6) is -2.91. The first-order valence-corrected chi connectivity index (χ1v) is 23.9. The van der Waals surface area contributed by atoms with Gasteiger partial charge < -0.3 is 45.3 Å². The van der Waals surface area contributed by atoms with Crippen LogP contribution in [0.4, 0.5) is 5.69 Å². The number of benzene rings is 2. The molecule has 0 aliphatic carbocycles. The maximum atomic E-state index is 14.0. The van der Waals surface area contributed by atoms with Crippen LogP contribution >= 0.6 is 22.6 Å². The first-order valence-electron chi connectivity index (χ1n) is 22.9. The van der Waals surface area contributed by atoms with Crippen LogP contribution in [0.1, 0.15) is 72.8 Å². The molecule has 11 atom stereocenters. The second-order valence-corrected chi connectivity index (χ2v) is 19.0. The summed E-state index contributed by atoms with van der Waals surface area (Å²) in [4.78, 5) is 31.6. The number of nitrogen functional groups attached to an aromatic ring is 1. The molecule has 0 bridgehead atoms. The lowest BCUT2D eigenvalue weighted by atomic mass is 9.79. The van der Waals surface area contributed by atoms with Gasteiger partial charge in [-0.1, -0.05) is 68.0 Å². The molecule has 2 heterocycles. The zero-order valence-corrected chi connectivity index (χ0v) is 41.5. The van der Waals surface area contributed by atoms with E-state index in [4.69, 9.17) is 19.9 Å². The topological polar surface area (TPSA) is 206 Å². The number of hydrogen-bond donors (Lipinski definition) is 5. The van der Waals surface area contributed by atoms with Gasteiger partial charge in [0.15, 0.2) is 12.1 Å². The van der Waals surface area contributed by atoms with E-state index in [-0.39, 0.29) is 25.4 Å². The highest BCUT2D eigenvalue weighted by Crippen LogP contribution is 2.33. The number of carbonyl (C=O) groups excluding carboxylic acids is 2. The summed E-state index contributed by atoms with van der Waals surface area (Å²) in [6, 6.07) is 15.1. The quantitative estimate of drug-likeness (QED) is 0.0436. The average molecular weight is 1020 g/mol. The number of hydrogen-bond acceptors (Lipinski definition) is 14. The van der Waals surface area contributed by atoms with Crippen molar-refractivity contribution >= 4 is 40.0 Å². The molecular formula is C49H73IN6O9. The van der Waals surface area contributed by atoms with E-state index in [0.717, 1.165) is 20.3 Å². The van der Waals surface area contributed by atoms with E-state index in [1.165, 1.54) is 0 Å².